The fraction of sp³-hybridized carbons (Fsp3) is 0.269. The van der Waals surface area contributed by atoms with Crippen molar-refractivity contribution >= 4 is 28.3 Å². The molecule has 6 nitrogen and oxygen atoms in total. The van der Waals surface area contributed by atoms with E-state index < -0.39 is 0 Å². The maximum atomic E-state index is 13.6. The molecule has 0 bridgehead atoms. The first-order valence-electron chi connectivity index (χ1n) is 11.1. The van der Waals surface area contributed by atoms with Crippen LogP contribution in [-0.4, -0.2) is 34.4 Å². The van der Waals surface area contributed by atoms with Crippen molar-refractivity contribution in [2.75, 3.05) is 24.7 Å². The number of carbonyl (C=O) groups is 1. The summed E-state index contributed by atoms with van der Waals surface area (Å²) in [5.74, 6) is 0.297. The Morgan fingerprint density at radius 2 is 1.78 bits per heavy atom. The molecule has 2 N–H and O–H groups in total. The van der Waals surface area contributed by atoms with Gasteiger partial charge in [0.05, 0.1) is 10.9 Å². The Morgan fingerprint density at radius 3 is 2.50 bits per heavy atom. The highest BCUT2D eigenvalue weighted by Gasteiger charge is 2.25. The molecule has 0 amide bonds. The Hall–Kier alpha value is -3.67. The molecule has 0 spiro atoms. The molecule has 4 aromatic rings. The molecular weight excluding hydrogens is 398 g/mol. The van der Waals surface area contributed by atoms with Gasteiger partial charge in [0, 0.05) is 37.6 Å². The maximum absolute atomic E-state index is 13.6. The summed E-state index contributed by atoms with van der Waals surface area (Å²) in [7, 11) is 4.04. The highest BCUT2D eigenvalue weighted by Crippen LogP contribution is 2.35. The summed E-state index contributed by atoms with van der Waals surface area (Å²) < 4.78 is 2.14. The first-order valence-corrected chi connectivity index (χ1v) is 11.1. The van der Waals surface area contributed by atoms with Crippen LogP contribution in [-0.2, 0) is 0 Å². The molecule has 2 heterocycles. The van der Waals surface area contributed by atoms with Gasteiger partial charge in [-0.2, -0.15) is 0 Å². The van der Waals surface area contributed by atoms with Crippen LogP contribution in [0.25, 0.3) is 22.2 Å². The second-order valence-electron chi connectivity index (χ2n) is 8.70. The fourth-order valence-corrected chi connectivity index (χ4v) is 4.69. The molecule has 0 saturated heterocycles. The monoisotopic (exact) mass is 425 g/mol. The van der Waals surface area contributed by atoms with E-state index in [2.05, 4.69) is 43.7 Å². The molecular formula is C26H27N5O. The van der Waals surface area contributed by atoms with Crippen molar-refractivity contribution in [3.63, 3.8) is 0 Å². The number of nitrogen functional groups attached to an aromatic ring is 1. The van der Waals surface area contributed by atoms with E-state index in [0.717, 1.165) is 35.3 Å². The molecule has 0 radical (unpaired) electrons. The number of nitrogens with zero attached hydrogens (tertiary/aromatic N) is 4. The van der Waals surface area contributed by atoms with Crippen LogP contribution in [0.5, 0.6) is 0 Å². The number of benzene rings is 2. The van der Waals surface area contributed by atoms with Crippen molar-refractivity contribution in [2.45, 2.75) is 31.7 Å². The van der Waals surface area contributed by atoms with Crippen LogP contribution in [0, 0.1) is 0 Å². The number of hydrogen-bond donors (Lipinski definition) is 1. The van der Waals surface area contributed by atoms with E-state index >= 15 is 0 Å². The molecule has 1 aliphatic rings. The summed E-state index contributed by atoms with van der Waals surface area (Å²) in [6.45, 7) is 0. The van der Waals surface area contributed by atoms with E-state index in [4.69, 9.17) is 5.73 Å². The van der Waals surface area contributed by atoms with Crippen LogP contribution in [0.15, 0.2) is 61.1 Å². The zero-order chi connectivity index (χ0) is 22.2. The second kappa shape index (κ2) is 8.11. The molecule has 0 aliphatic heterocycles. The van der Waals surface area contributed by atoms with Crippen molar-refractivity contribution in [2.24, 2.45) is 0 Å². The van der Waals surface area contributed by atoms with Crippen LogP contribution in [0.1, 0.15) is 47.6 Å². The van der Waals surface area contributed by atoms with E-state index in [1.807, 2.05) is 44.6 Å². The number of ketones is 1. The molecule has 1 saturated carbocycles. The third-order valence-corrected chi connectivity index (χ3v) is 6.44. The summed E-state index contributed by atoms with van der Waals surface area (Å²) in [6.07, 6.45) is 8.01. The molecule has 2 aromatic heterocycles. The Bertz CT molecular complexity index is 1280. The Kier molecular flexibility index (Phi) is 5.13. The van der Waals surface area contributed by atoms with Crippen molar-refractivity contribution < 1.29 is 4.79 Å². The fourth-order valence-electron chi connectivity index (χ4n) is 4.69. The second-order valence-corrected chi connectivity index (χ2v) is 8.70. The molecule has 32 heavy (non-hydrogen) atoms. The van der Waals surface area contributed by atoms with Gasteiger partial charge in [-0.1, -0.05) is 43.2 Å². The number of carbonyl (C=O) groups excluding carboxylic acids is 1. The molecule has 162 valence electrons. The van der Waals surface area contributed by atoms with E-state index in [0.29, 0.717) is 28.4 Å². The van der Waals surface area contributed by atoms with Gasteiger partial charge in [0.25, 0.3) is 0 Å². The zero-order valence-corrected chi connectivity index (χ0v) is 18.5. The number of fused-ring (bicyclic) bond motifs is 1. The third kappa shape index (κ3) is 3.51. The Labute approximate surface area is 187 Å². The lowest BCUT2D eigenvalue weighted by Crippen LogP contribution is -2.07. The first-order chi connectivity index (χ1) is 15.5. The first kappa shape index (κ1) is 20.2. The number of anilines is 2. The number of nitrogens with two attached hydrogens (primary N) is 1. The van der Waals surface area contributed by atoms with Crippen molar-refractivity contribution in [1.29, 1.82) is 0 Å². The van der Waals surface area contributed by atoms with Gasteiger partial charge in [-0.3, -0.25) is 4.79 Å². The van der Waals surface area contributed by atoms with Gasteiger partial charge in [0.2, 0.25) is 0 Å². The average Bonchev–Trinajstić information content (AvgIpc) is 3.47. The standard InChI is InChI=1S/C26H27N5O/c1-30(2)20-12-10-17(11-13-20)18-6-5-7-19(14-18)24(32)22-15-31(21-8-3-4-9-21)26-23(22)25(27)28-16-29-26/h5-7,10-16,21H,3-4,8-9H2,1-2H3,(H2,27,28,29). The number of hydrogen-bond acceptors (Lipinski definition) is 5. The van der Waals surface area contributed by atoms with Gasteiger partial charge in [-0.25, -0.2) is 9.97 Å². The van der Waals surface area contributed by atoms with E-state index in [9.17, 15) is 4.79 Å². The highest BCUT2D eigenvalue weighted by atomic mass is 16.1. The summed E-state index contributed by atoms with van der Waals surface area (Å²) in [4.78, 5) is 24.4. The maximum Gasteiger partial charge on any atom is 0.195 e. The Morgan fingerprint density at radius 1 is 1.03 bits per heavy atom. The highest BCUT2D eigenvalue weighted by molar-refractivity contribution is 6.18. The van der Waals surface area contributed by atoms with Crippen LogP contribution >= 0.6 is 0 Å². The minimum absolute atomic E-state index is 0.0555. The predicted octanol–water partition coefficient (Wildman–Crippen LogP) is 5.09. The average molecular weight is 426 g/mol. The number of aromatic nitrogens is 3. The molecule has 2 aromatic carbocycles. The van der Waals surface area contributed by atoms with Crippen LogP contribution in [0.2, 0.25) is 0 Å². The van der Waals surface area contributed by atoms with Gasteiger partial charge < -0.3 is 15.2 Å². The van der Waals surface area contributed by atoms with Gasteiger partial charge in [-0.05, 0) is 42.2 Å². The zero-order valence-electron chi connectivity index (χ0n) is 18.5. The van der Waals surface area contributed by atoms with E-state index in [1.165, 1.54) is 19.2 Å². The summed E-state index contributed by atoms with van der Waals surface area (Å²) in [5.41, 5.74) is 11.4. The molecule has 0 unspecified atom stereocenters. The van der Waals surface area contributed by atoms with Crippen LogP contribution < -0.4 is 10.6 Å². The lowest BCUT2D eigenvalue weighted by molar-refractivity contribution is 0.104. The van der Waals surface area contributed by atoms with Gasteiger partial charge in [-0.15, -0.1) is 0 Å². The topological polar surface area (TPSA) is 77.0 Å². The quantitative estimate of drug-likeness (QED) is 0.451. The summed E-state index contributed by atoms with van der Waals surface area (Å²) in [5, 5.41) is 0.658. The summed E-state index contributed by atoms with van der Waals surface area (Å²) in [6, 6.07) is 16.4. The number of rotatable bonds is 5. The van der Waals surface area contributed by atoms with Gasteiger partial charge in [0.1, 0.15) is 17.8 Å². The lowest BCUT2D eigenvalue weighted by atomic mass is 9.98. The minimum atomic E-state index is -0.0555. The Balaban J connectivity index is 1.55. The minimum Gasteiger partial charge on any atom is -0.383 e. The molecule has 1 aliphatic carbocycles. The SMILES string of the molecule is CN(C)c1ccc(-c2cccc(C(=O)c3cn(C4CCCC4)c4ncnc(N)c34)c2)cc1. The molecule has 6 heteroatoms. The van der Waals surface area contributed by atoms with Crippen LogP contribution in [0.3, 0.4) is 0 Å². The smallest absolute Gasteiger partial charge is 0.195 e. The van der Waals surface area contributed by atoms with E-state index in [1.54, 1.807) is 0 Å². The molecule has 5 rings (SSSR count). The lowest BCUT2D eigenvalue weighted by Gasteiger charge is -2.13. The summed E-state index contributed by atoms with van der Waals surface area (Å²) >= 11 is 0. The van der Waals surface area contributed by atoms with Gasteiger partial charge in [0.15, 0.2) is 5.78 Å². The normalized spacial score (nSPS) is 14.2. The third-order valence-electron chi connectivity index (χ3n) is 6.44. The largest absolute Gasteiger partial charge is 0.383 e. The van der Waals surface area contributed by atoms with Crippen molar-refractivity contribution in [3.05, 3.63) is 72.2 Å². The molecule has 1 fully saturated rings. The van der Waals surface area contributed by atoms with Crippen molar-refractivity contribution in [3.8, 4) is 11.1 Å². The van der Waals surface area contributed by atoms with E-state index in [-0.39, 0.29) is 5.78 Å². The van der Waals surface area contributed by atoms with Crippen LogP contribution in [0.4, 0.5) is 11.5 Å². The van der Waals surface area contributed by atoms with Crippen molar-refractivity contribution in [1.82, 2.24) is 14.5 Å². The van der Waals surface area contributed by atoms with Gasteiger partial charge >= 0.3 is 0 Å². The molecule has 0 atom stereocenters. The predicted molar refractivity (Wildman–Crippen MR) is 129 cm³/mol.